The van der Waals surface area contributed by atoms with Gasteiger partial charge < -0.3 is 14.7 Å². The third-order valence-corrected chi connectivity index (χ3v) is 3.11. The van der Waals surface area contributed by atoms with Crippen LogP contribution in [0, 0.1) is 0 Å². The first-order chi connectivity index (χ1) is 9.60. The second-order valence-electron chi connectivity index (χ2n) is 4.56. The average Bonchev–Trinajstić information content (AvgIpc) is 2.47. The molecular formula is C16H17NO3. The van der Waals surface area contributed by atoms with Crippen LogP contribution in [0.3, 0.4) is 0 Å². The minimum atomic E-state index is -0.904. The Morgan fingerprint density at radius 1 is 1.20 bits per heavy atom. The van der Waals surface area contributed by atoms with Gasteiger partial charge in [-0.1, -0.05) is 12.1 Å². The number of rotatable bonds is 5. The molecule has 0 aliphatic rings. The molecule has 0 bridgehead atoms. The molecule has 0 atom stereocenters. The lowest BCUT2D eigenvalue weighted by Gasteiger charge is -2.19. The van der Waals surface area contributed by atoms with Gasteiger partial charge in [0.2, 0.25) is 0 Å². The number of hydrogen-bond acceptors (Lipinski definition) is 3. The van der Waals surface area contributed by atoms with E-state index in [1.807, 2.05) is 37.4 Å². The molecule has 104 valence electrons. The molecule has 20 heavy (non-hydrogen) atoms. The zero-order valence-corrected chi connectivity index (χ0v) is 11.5. The fourth-order valence-electron chi connectivity index (χ4n) is 2.00. The van der Waals surface area contributed by atoms with E-state index in [0.717, 1.165) is 17.0 Å². The monoisotopic (exact) mass is 271 g/mol. The number of benzene rings is 2. The van der Waals surface area contributed by atoms with Gasteiger partial charge in [0.05, 0.1) is 12.7 Å². The maximum Gasteiger partial charge on any atom is 0.335 e. The van der Waals surface area contributed by atoms with Crippen molar-refractivity contribution in [2.24, 2.45) is 0 Å². The quantitative estimate of drug-likeness (QED) is 0.908. The summed E-state index contributed by atoms with van der Waals surface area (Å²) in [7, 11) is 3.60. The van der Waals surface area contributed by atoms with Crippen LogP contribution in [0.5, 0.6) is 5.75 Å². The van der Waals surface area contributed by atoms with Crippen molar-refractivity contribution in [2.75, 3.05) is 19.1 Å². The highest BCUT2D eigenvalue weighted by Gasteiger charge is 2.06. The minimum absolute atomic E-state index is 0.311. The van der Waals surface area contributed by atoms with Gasteiger partial charge in [0.1, 0.15) is 5.75 Å². The van der Waals surface area contributed by atoms with Gasteiger partial charge in [0, 0.05) is 19.3 Å². The van der Waals surface area contributed by atoms with E-state index < -0.39 is 5.97 Å². The lowest BCUT2D eigenvalue weighted by Crippen LogP contribution is -2.16. The van der Waals surface area contributed by atoms with Crippen LogP contribution in [-0.4, -0.2) is 25.2 Å². The van der Waals surface area contributed by atoms with Crippen LogP contribution in [0.2, 0.25) is 0 Å². The molecule has 0 aromatic heterocycles. The van der Waals surface area contributed by atoms with Crippen molar-refractivity contribution in [2.45, 2.75) is 6.54 Å². The van der Waals surface area contributed by atoms with E-state index in [2.05, 4.69) is 4.90 Å². The van der Waals surface area contributed by atoms with Crippen LogP contribution < -0.4 is 9.64 Å². The highest BCUT2D eigenvalue weighted by molar-refractivity contribution is 5.87. The maximum atomic E-state index is 11.0. The third-order valence-electron chi connectivity index (χ3n) is 3.11. The van der Waals surface area contributed by atoms with E-state index in [-0.39, 0.29) is 0 Å². The van der Waals surface area contributed by atoms with Crippen molar-refractivity contribution in [3.63, 3.8) is 0 Å². The molecule has 0 radical (unpaired) electrons. The zero-order valence-electron chi connectivity index (χ0n) is 11.5. The number of carboxylic acids is 1. The lowest BCUT2D eigenvalue weighted by molar-refractivity contribution is 0.0696. The number of aromatic carboxylic acids is 1. The van der Waals surface area contributed by atoms with E-state index in [4.69, 9.17) is 9.84 Å². The summed E-state index contributed by atoms with van der Waals surface area (Å²) in [4.78, 5) is 13.0. The molecule has 0 aliphatic heterocycles. The lowest BCUT2D eigenvalue weighted by atomic mass is 10.1. The van der Waals surface area contributed by atoms with E-state index in [1.165, 1.54) is 0 Å². The second-order valence-corrected chi connectivity index (χ2v) is 4.56. The standard InChI is InChI=1S/C16H17NO3/c1-17(14-6-8-15(20-2)9-7-14)11-12-4-3-5-13(10-12)16(18)19/h3-10H,11H2,1-2H3,(H,18,19). The van der Waals surface area contributed by atoms with Crippen LogP contribution in [0.4, 0.5) is 5.69 Å². The molecule has 2 aromatic rings. The predicted molar refractivity (Wildman–Crippen MR) is 78.5 cm³/mol. The summed E-state index contributed by atoms with van der Waals surface area (Å²) in [5.41, 5.74) is 2.32. The Labute approximate surface area is 118 Å². The molecule has 0 saturated carbocycles. The fourth-order valence-corrected chi connectivity index (χ4v) is 2.00. The molecule has 0 heterocycles. The molecule has 0 amide bonds. The highest BCUT2D eigenvalue weighted by atomic mass is 16.5. The van der Waals surface area contributed by atoms with Crippen molar-refractivity contribution in [1.82, 2.24) is 0 Å². The van der Waals surface area contributed by atoms with Crippen molar-refractivity contribution in [1.29, 1.82) is 0 Å². The summed E-state index contributed by atoms with van der Waals surface area (Å²) in [6.07, 6.45) is 0. The summed E-state index contributed by atoms with van der Waals surface area (Å²) in [6, 6.07) is 14.7. The van der Waals surface area contributed by atoms with Crippen molar-refractivity contribution in [3.8, 4) is 5.75 Å². The first-order valence-electron chi connectivity index (χ1n) is 6.27. The summed E-state index contributed by atoms with van der Waals surface area (Å²) in [5.74, 6) is -0.0889. The third kappa shape index (κ3) is 3.29. The summed E-state index contributed by atoms with van der Waals surface area (Å²) in [6.45, 7) is 0.646. The average molecular weight is 271 g/mol. The van der Waals surface area contributed by atoms with Gasteiger partial charge in [0.15, 0.2) is 0 Å². The van der Waals surface area contributed by atoms with Gasteiger partial charge in [-0.3, -0.25) is 0 Å². The fraction of sp³-hybridized carbons (Fsp3) is 0.188. The Kier molecular flexibility index (Phi) is 4.25. The maximum absolute atomic E-state index is 11.0. The van der Waals surface area contributed by atoms with Gasteiger partial charge in [-0.25, -0.2) is 4.79 Å². The van der Waals surface area contributed by atoms with Crippen molar-refractivity contribution < 1.29 is 14.6 Å². The van der Waals surface area contributed by atoms with E-state index in [1.54, 1.807) is 25.3 Å². The molecular weight excluding hydrogens is 254 g/mol. The molecule has 2 rings (SSSR count). The van der Waals surface area contributed by atoms with Crippen LogP contribution >= 0.6 is 0 Å². The smallest absolute Gasteiger partial charge is 0.335 e. The molecule has 4 heteroatoms. The Bertz CT molecular complexity index is 593. The Morgan fingerprint density at radius 3 is 2.50 bits per heavy atom. The largest absolute Gasteiger partial charge is 0.497 e. The second kappa shape index (κ2) is 6.10. The minimum Gasteiger partial charge on any atom is -0.497 e. The summed E-state index contributed by atoms with van der Waals surface area (Å²) >= 11 is 0. The number of methoxy groups -OCH3 is 1. The molecule has 0 fully saturated rings. The molecule has 2 aromatic carbocycles. The summed E-state index contributed by atoms with van der Waals surface area (Å²) < 4.78 is 5.13. The van der Waals surface area contributed by atoms with Crippen LogP contribution in [-0.2, 0) is 6.54 Å². The molecule has 0 spiro atoms. The first-order valence-corrected chi connectivity index (χ1v) is 6.27. The molecule has 0 saturated heterocycles. The van der Waals surface area contributed by atoms with Crippen molar-refractivity contribution >= 4 is 11.7 Å². The van der Waals surface area contributed by atoms with E-state index >= 15 is 0 Å². The molecule has 4 nitrogen and oxygen atoms in total. The molecule has 0 unspecified atom stereocenters. The van der Waals surface area contributed by atoms with E-state index in [9.17, 15) is 4.79 Å². The van der Waals surface area contributed by atoms with Crippen LogP contribution in [0.15, 0.2) is 48.5 Å². The first kappa shape index (κ1) is 13.9. The van der Waals surface area contributed by atoms with Crippen LogP contribution in [0.1, 0.15) is 15.9 Å². The summed E-state index contributed by atoms with van der Waals surface area (Å²) in [5, 5.41) is 8.99. The van der Waals surface area contributed by atoms with Gasteiger partial charge in [-0.05, 0) is 42.0 Å². The molecule has 1 N–H and O–H groups in total. The predicted octanol–water partition coefficient (Wildman–Crippen LogP) is 3.03. The van der Waals surface area contributed by atoms with Crippen LogP contribution in [0.25, 0.3) is 0 Å². The highest BCUT2D eigenvalue weighted by Crippen LogP contribution is 2.20. The topological polar surface area (TPSA) is 49.8 Å². The molecule has 0 aliphatic carbocycles. The van der Waals surface area contributed by atoms with Gasteiger partial charge in [-0.2, -0.15) is 0 Å². The number of anilines is 1. The SMILES string of the molecule is COc1ccc(N(C)Cc2cccc(C(=O)O)c2)cc1. The number of carboxylic acid groups (broad SMARTS) is 1. The van der Waals surface area contributed by atoms with E-state index in [0.29, 0.717) is 12.1 Å². The van der Waals surface area contributed by atoms with Gasteiger partial charge in [-0.15, -0.1) is 0 Å². The Morgan fingerprint density at radius 2 is 1.90 bits per heavy atom. The van der Waals surface area contributed by atoms with Gasteiger partial charge >= 0.3 is 5.97 Å². The normalized spacial score (nSPS) is 10.1. The number of carbonyl (C=O) groups is 1. The number of ether oxygens (including phenoxy) is 1. The van der Waals surface area contributed by atoms with Gasteiger partial charge in [0.25, 0.3) is 0 Å². The number of hydrogen-bond donors (Lipinski definition) is 1. The number of nitrogens with zero attached hydrogens (tertiary/aromatic N) is 1. The van der Waals surface area contributed by atoms with Crippen molar-refractivity contribution in [3.05, 3.63) is 59.7 Å². The zero-order chi connectivity index (χ0) is 14.5. The Hall–Kier alpha value is -2.49. The Balaban J connectivity index is 2.12.